The van der Waals surface area contributed by atoms with Gasteiger partial charge in [-0.15, -0.1) is 0 Å². The lowest BCUT2D eigenvalue weighted by molar-refractivity contribution is -0.133. The van der Waals surface area contributed by atoms with Crippen LogP contribution in [0, 0.1) is 11.3 Å². The number of nitrogens with one attached hydrogen (secondary N) is 1. The van der Waals surface area contributed by atoms with Gasteiger partial charge in [-0.05, 0) is 0 Å². The maximum absolute atomic E-state index is 12.6. The minimum Gasteiger partial charge on any atom is -0.379 e. The van der Waals surface area contributed by atoms with E-state index in [1.807, 2.05) is 16.7 Å². The van der Waals surface area contributed by atoms with Crippen LogP contribution >= 0.6 is 11.8 Å². The molecule has 0 spiro atoms. The van der Waals surface area contributed by atoms with Gasteiger partial charge in [-0.25, -0.2) is 0 Å². The van der Waals surface area contributed by atoms with E-state index >= 15 is 0 Å². The lowest BCUT2D eigenvalue weighted by Gasteiger charge is -2.32. The van der Waals surface area contributed by atoms with Gasteiger partial charge < -0.3 is 15.0 Å². The molecule has 0 aromatic carbocycles. The van der Waals surface area contributed by atoms with Crippen LogP contribution in [0.1, 0.15) is 6.42 Å². The number of thioether (sulfide) groups is 1. The van der Waals surface area contributed by atoms with Crippen LogP contribution in [-0.4, -0.2) is 85.7 Å². The highest BCUT2D eigenvalue weighted by Gasteiger charge is 2.26. The molecule has 7 heteroatoms. The zero-order valence-electron chi connectivity index (χ0n) is 12.4. The van der Waals surface area contributed by atoms with Crippen LogP contribution in [-0.2, 0) is 9.53 Å². The number of morpholine rings is 1. The fraction of sp³-hybridized carbons (Fsp3) is 0.857. The van der Waals surface area contributed by atoms with Crippen molar-refractivity contribution in [3.05, 3.63) is 0 Å². The molecule has 2 rings (SSSR count). The predicted octanol–water partition coefficient (Wildman–Crippen LogP) is -0.234. The smallest absolute Gasteiger partial charge is 0.240 e. The van der Waals surface area contributed by atoms with Crippen molar-refractivity contribution < 1.29 is 9.53 Å². The Balaban J connectivity index is 1.83. The van der Waals surface area contributed by atoms with Crippen LogP contribution in [0.3, 0.4) is 0 Å². The average Bonchev–Trinajstić information content (AvgIpc) is 2.56. The highest BCUT2D eigenvalue weighted by molar-refractivity contribution is 7.99. The van der Waals surface area contributed by atoms with Gasteiger partial charge >= 0.3 is 0 Å². The van der Waals surface area contributed by atoms with Gasteiger partial charge in [-0.3, -0.25) is 9.69 Å². The molecule has 0 radical (unpaired) electrons. The van der Waals surface area contributed by atoms with E-state index < -0.39 is 0 Å². The largest absolute Gasteiger partial charge is 0.379 e. The van der Waals surface area contributed by atoms with Crippen LogP contribution in [0.25, 0.3) is 0 Å². The molecule has 0 aromatic rings. The average molecular weight is 312 g/mol. The molecule has 1 N–H and O–H groups in total. The van der Waals surface area contributed by atoms with Crippen LogP contribution in [0.4, 0.5) is 0 Å². The second-order valence-corrected chi connectivity index (χ2v) is 6.42. The Morgan fingerprint density at radius 3 is 2.90 bits per heavy atom. The van der Waals surface area contributed by atoms with Crippen LogP contribution in [0.2, 0.25) is 0 Å². The van der Waals surface area contributed by atoms with E-state index in [4.69, 9.17) is 10.00 Å². The van der Waals surface area contributed by atoms with E-state index in [2.05, 4.69) is 16.3 Å². The Morgan fingerprint density at radius 1 is 1.43 bits per heavy atom. The van der Waals surface area contributed by atoms with Crippen molar-refractivity contribution in [1.82, 2.24) is 15.1 Å². The van der Waals surface area contributed by atoms with Crippen molar-refractivity contribution in [2.75, 3.05) is 64.0 Å². The summed E-state index contributed by atoms with van der Waals surface area (Å²) < 4.78 is 5.34. The predicted molar refractivity (Wildman–Crippen MR) is 83.2 cm³/mol. The molecule has 0 aromatic heterocycles. The van der Waals surface area contributed by atoms with E-state index in [9.17, 15) is 4.79 Å². The van der Waals surface area contributed by atoms with Gasteiger partial charge in [-0.2, -0.15) is 17.0 Å². The summed E-state index contributed by atoms with van der Waals surface area (Å²) >= 11 is 1.82. The number of hydrogen-bond donors (Lipinski definition) is 1. The lowest BCUT2D eigenvalue weighted by atomic mass is 10.2. The van der Waals surface area contributed by atoms with Gasteiger partial charge in [0.25, 0.3) is 0 Å². The first-order chi connectivity index (χ1) is 10.3. The van der Waals surface area contributed by atoms with Crippen molar-refractivity contribution in [2.45, 2.75) is 12.5 Å². The molecule has 2 aliphatic rings. The molecule has 1 amide bonds. The van der Waals surface area contributed by atoms with Gasteiger partial charge in [-0.1, -0.05) is 0 Å². The van der Waals surface area contributed by atoms with Gasteiger partial charge in [0.15, 0.2) is 0 Å². The molecule has 118 valence electrons. The molecule has 0 aliphatic carbocycles. The fourth-order valence-electron chi connectivity index (χ4n) is 2.55. The first kappa shape index (κ1) is 16.6. The monoisotopic (exact) mass is 312 g/mol. The molecule has 2 heterocycles. The Labute approximate surface area is 130 Å². The first-order valence-corrected chi connectivity index (χ1v) is 8.73. The second-order valence-electron chi connectivity index (χ2n) is 5.27. The molecule has 1 unspecified atom stereocenters. The third-order valence-electron chi connectivity index (χ3n) is 3.81. The van der Waals surface area contributed by atoms with Crippen molar-refractivity contribution in [3.63, 3.8) is 0 Å². The van der Waals surface area contributed by atoms with E-state index in [1.54, 1.807) is 0 Å². The molecular weight excluding hydrogens is 288 g/mol. The second kappa shape index (κ2) is 9.26. The molecule has 2 saturated heterocycles. The third-order valence-corrected chi connectivity index (χ3v) is 4.88. The van der Waals surface area contributed by atoms with Gasteiger partial charge in [0, 0.05) is 50.8 Å². The minimum absolute atomic E-state index is 0.0906. The number of nitriles is 1. The molecule has 1 atom stereocenters. The van der Waals surface area contributed by atoms with Crippen LogP contribution in [0.15, 0.2) is 0 Å². The summed E-state index contributed by atoms with van der Waals surface area (Å²) in [5.41, 5.74) is 0. The van der Waals surface area contributed by atoms with Gasteiger partial charge in [0.1, 0.15) is 0 Å². The quantitative estimate of drug-likeness (QED) is 0.730. The Hall–Kier alpha value is -0.810. The minimum atomic E-state index is -0.0906. The topological polar surface area (TPSA) is 68.6 Å². The van der Waals surface area contributed by atoms with Crippen LogP contribution < -0.4 is 5.32 Å². The maximum atomic E-state index is 12.6. The highest BCUT2D eigenvalue weighted by Crippen LogP contribution is 2.10. The Bertz CT molecular complexity index is 362. The number of rotatable bonds is 6. The van der Waals surface area contributed by atoms with Crippen molar-refractivity contribution in [1.29, 1.82) is 5.26 Å². The van der Waals surface area contributed by atoms with Crippen molar-refractivity contribution in [2.24, 2.45) is 0 Å². The SMILES string of the molecule is N#CCCN(CCN1CCOCC1)C(=O)C1CSCCN1. The molecule has 6 nitrogen and oxygen atoms in total. The summed E-state index contributed by atoms with van der Waals surface area (Å²) in [6.07, 6.45) is 0.398. The summed E-state index contributed by atoms with van der Waals surface area (Å²) in [5.74, 6) is 2.04. The van der Waals surface area contributed by atoms with E-state index in [1.165, 1.54) is 0 Å². The Kier molecular flexibility index (Phi) is 7.30. The summed E-state index contributed by atoms with van der Waals surface area (Å²) in [7, 11) is 0. The fourth-order valence-corrected chi connectivity index (χ4v) is 3.47. The summed E-state index contributed by atoms with van der Waals surface area (Å²) in [6, 6.07) is 2.05. The summed E-state index contributed by atoms with van der Waals surface area (Å²) in [4.78, 5) is 16.7. The lowest BCUT2D eigenvalue weighted by Crippen LogP contribution is -2.52. The molecule has 0 saturated carbocycles. The molecule has 2 fully saturated rings. The number of carbonyl (C=O) groups is 1. The van der Waals surface area contributed by atoms with E-state index in [0.717, 1.165) is 50.9 Å². The van der Waals surface area contributed by atoms with Gasteiger partial charge in [0.05, 0.1) is 31.7 Å². The number of nitrogens with zero attached hydrogens (tertiary/aromatic N) is 3. The zero-order chi connectivity index (χ0) is 14.9. The maximum Gasteiger partial charge on any atom is 0.240 e. The van der Waals surface area contributed by atoms with Crippen molar-refractivity contribution >= 4 is 17.7 Å². The molecule has 21 heavy (non-hydrogen) atoms. The number of carbonyl (C=O) groups excluding carboxylic acids is 1. The molecular formula is C14H24N4O2S. The molecule has 0 bridgehead atoms. The number of amides is 1. The number of hydrogen-bond acceptors (Lipinski definition) is 6. The summed E-state index contributed by atoms with van der Waals surface area (Å²) in [6.45, 7) is 6.37. The summed E-state index contributed by atoms with van der Waals surface area (Å²) in [5, 5.41) is 12.1. The van der Waals surface area contributed by atoms with Gasteiger partial charge in [0.2, 0.25) is 5.91 Å². The first-order valence-electron chi connectivity index (χ1n) is 7.58. The zero-order valence-corrected chi connectivity index (χ0v) is 13.2. The van der Waals surface area contributed by atoms with E-state index in [0.29, 0.717) is 19.5 Å². The Morgan fingerprint density at radius 2 is 2.24 bits per heavy atom. The number of ether oxygens (including phenoxy) is 1. The normalized spacial score (nSPS) is 23.5. The molecule has 2 aliphatic heterocycles. The van der Waals surface area contributed by atoms with E-state index in [-0.39, 0.29) is 11.9 Å². The van der Waals surface area contributed by atoms with Crippen molar-refractivity contribution in [3.8, 4) is 6.07 Å². The highest BCUT2D eigenvalue weighted by atomic mass is 32.2. The third kappa shape index (κ3) is 5.47. The standard InChI is InChI=1S/C14H24N4O2S/c15-2-1-4-18(6-5-17-7-9-20-10-8-17)14(19)13-12-21-11-3-16-13/h13,16H,1,3-12H2. The van der Waals surface area contributed by atoms with Crippen LogP contribution in [0.5, 0.6) is 0 Å².